The minimum atomic E-state index is -0.673. The fourth-order valence-corrected chi connectivity index (χ4v) is 2.83. The Morgan fingerprint density at radius 1 is 1.33 bits per heavy atom. The Balaban J connectivity index is 1.93. The standard InChI is InChI=1S/C14H17BrO3/c1-9-8-11(15)4-7-13(9)18-12-5-2-10(3-6-12)14(16)17/h4,7-8,10,12H,2-3,5-6H2,1H3,(H,16,17). The number of rotatable bonds is 3. The molecule has 1 N–H and O–H groups in total. The third-order valence-electron chi connectivity index (χ3n) is 3.45. The molecule has 98 valence electrons. The summed E-state index contributed by atoms with van der Waals surface area (Å²) in [5.41, 5.74) is 1.10. The number of carboxylic acids is 1. The molecule has 4 heteroatoms. The van der Waals surface area contributed by atoms with Gasteiger partial charge in [0.15, 0.2) is 0 Å². The van der Waals surface area contributed by atoms with Crippen LogP contribution in [0.15, 0.2) is 22.7 Å². The lowest BCUT2D eigenvalue weighted by Crippen LogP contribution is -2.28. The predicted octanol–water partition coefficient (Wildman–Crippen LogP) is 3.78. The second-order valence-corrected chi connectivity index (χ2v) is 5.76. The Hall–Kier alpha value is -1.03. The molecule has 1 saturated carbocycles. The molecular weight excluding hydrogens is 296 g/mol. The average Bonchev–Trinajstić information content (AvgIpc) is 2.33. The van der Waals surface area contributed by atoms with E-state index in [1.165, 1.54) is 0 Å². The van der Waals surface area contributed by atoms with E-state index in [1.807, 2.05) is 25.1 Å². The molecule has 0 amide bonds. The van der Waals surface area contributed by atoms with Gasteiger partial charge in [-0.15, -0.1) is 0 Å². The monoisotopic (exact) mass is 312 g/mol. The van der Waals surface area contributed by atoms with Crippen molar-refractivity contribution in [3.05, 3.63) is 28.2 Å². The highest BCUT2D eigenvalue weighted by molar-refractivity contribution is 9.10. The number of aryl methyl sites for hydroxylation is 1. The Morgan fingerprint density at radius 2 is 2.00 bits per heavy atom. The number of aliphatic carboxylic acids is 1. The van der Waals surface area contributed by atoms with Crippen LogP contribution >= 0.6 is 15.9 Å². The van der Waals surface area contributed by atoms with Gasteiger partial charge in [-0.3, -0.25) is 4.79 Å². The van der Waals surface area contributed by atoms with Crippen molar-refractivity contribution in [3.8, 4) is 5.75 Å². The molecule has 0 saturated heterocycles. The molecule has 1 fully saturated rings. The van der Waals surface area contributed by atoms with Crippen molar-refractivity contribution in [2.24, 2.45) is 5.92 Å². The first-order chi connectivity index (χ1) is 8.56. The molecule has 0 aromatic heterocycles. The van der Waals surface area contributed by atoms with Gasteiger partial charge >= 0.3 is 5.97 Å². The van der Waals surface area contributed by atoms with Crippen molar-refractivity contribution in [1.29, 1.82) is 0 Å². The van der Waals surface area contributed by atoms with Gasteiger partial charge in [-0.05, 0) is 56.4 Å². The van der Waals surface area contributed by atoms with E-state index in [-0.39, 0.29) is 12.0 Å². The SMILES string of the molecule is Cc1cc(Br)ccc1OC1CCC(C(=O)O)CC1. The van der Waals surface area contributed by atoms with Gasteiger partial charge in [-0.2, -0.15) is 0 Å². The van der Waals surface area contributed by atoms with E-state index >= 15 is 0 Å². The highest BCUT2D eigenvalue weighted by Gasteiger charge is 2.27. The molecule has 3 nitrogen and oxygen atoms in total. The number of carbonyl (C=O) groups is 1. The van der Waals surface area contributed by atoms with Gasteiger partial charge in [0, 0.05) is 4.47 Å². The maximum Gasteiger partial charge on any atom is 0.306 e. The smallest absolute Gasteiger partial charge is 0.306 e. The molecule has 0 heterocycles. The van der Waals surface area contributed by atoms with Crippen LogP contribution in [-0.4, -0.2) is 17.2 Å². The first-order valence-corrected chi connectivity index (χ1v) is 7.01. The third-order valence-corrected chi connectivity index (χ3v) is 3.95. The molecule has 1 aliphatic rings. The first-order valence-electron chi connectivity index (χ1n) is 6.22. The third kappa shape index (κ3) is 3.25. The van der Waals surface area contributed by atoms with Gasteiger partial charge in [0.25, 0.3) is 0 Å². The van der Waals surface area contributed by atoms with Gasteiger partial charge < -0.3 is 9.84 Å². The molecule has 2 rings (SSSR count). The summed E-state index contributed by atoms with van der Waals surface area (Å²) >= 11 is 3.42. The zero-order valence-corrected chi connectivity index (χ0v) is 11.9. The molecule has 0 atom stereocenters. The van der Waals surface area contributed by atoms with Gasteiger partial charge in [-0.25, -0.2) is 0 Å². The molecule has 0 aliphatic heterocycles. The second-order valence-electron chi connectivity index (χ2n) is 4.84. The molecule has 0 bridgehead atoms. The highest BCUT2D eigenvalue weighted by Crippen LogP contribution is 2.30. The number of hydrogen-bond acceptors (Lipinski definition) is 2. The summed E-state index contributed by atoms with van der Waals surface area (Å²) in [5, 5.41) is 8.94. The summed E-state index contributed by atoms with van der Waals surface area (Å²) < 4.78 is 7.00. The van der Waals surface area contributed by atoms with Crippen LogP contribution in [0, 0.1) is 12.8 Å². The maximum atomic E-state index is 10.9. The summed E-state index contributed by atoms with van der Waals surface area (Å²) in [6.45, 7) is 2.02. The highest BCUT2D eigenvalue weighted by atomic mass is 79.9. The maximum absolute atomic E-state index is 10.9. The van der Waals surface area contributed by atoms with Crippen molar-refractivity contribution in [1.82, 2.24) is 0 Å². The molecule has 18 heavy (non-hydrogen) atoms. The minimum absolute atomic E-state index is 0.153. The Morgan fingerprint density at radius 3 is 2.56 bits per heavy atom. The van der Waals surface area contributed by atoms with E-state index in [0.29, 0.717) is 0 Å². The van der Waals surface area contributed by atoms with E-state index in [4.69, 9.17) is 9.84 Å². The number of hydrogen-bond donors (Lipinski definition) is 1. The number of halogens is 1. The zero-order chi connectivity index (χ0) is 13.1. The van der Waals surface area contributed by atoms with Crippen molar-refractivity contribution < 1.29 is 14.6 Å². The Labute approximate surface area is 115 Å². The van der Waals surface area contributed by atoms with E-state index in [2.05, 4.69) is 15.9 Å². The van der Waals surface area contributed by atoms with Crippen molar-refractivity contribution in [3.63, 3.8) is 0 Å². The van der Waals surface area contributed by atoms with Gasteiger partial charge in [-0.1, -0.05) is 15.9 Å². The fraction of sp³-hybridized carbons (Fsp3) is 0.500. The number of carboxylic acid groups (broad SMARTS) is 1. The van der Waals surface area contributed by atoms with E-state index in [0.717, 1.165) is 41.5 Å². The van der Waals surface area contributed by atoms with Gasteiger partial charge in [0.2, 0.25) is 0 Å². The van der Waals surface area contributed by atoms with Crippen LogP contribution in [0.1, 0.15) is 31.2 Å². The summed E-state index contributed by atoms with van der Waals surface area (Å²) in [4.78, 5) is 10.9. The van der Waals surface area contributed by atoms with Crippen LogP contribution in [0.2, 0.25) is 0 Å². The zero-order valence-electron chi connectivity index (χ0n) is 10.4. The second kappa shape index (κ2) is 5.74. The van der Waals surface area contributed by atoms with Crippen molar-refractivity contribution in [2.45, 2.75) is 38.7 Å². The van der Waals surface area contributed by atoms with Crippen LogP contribution in [0.25, 0.3) is 0 Å². The largest absolute Gasteiger partial charge is 0.490 e. The Bertz CT molecular complexity index is 437. The van der Waals surface area contributed by atoms with Crippen molar-refractivity contribution in [2.75, 3.05) is 0 Å². The van der Waals surface area contributed by atoms with E-state index in [9.17, 15) is 4.79 Å². The summed E-state index contributed by atoms with van der Waals surface area (Å²) in [5.74, 6) is 0.0427. The quantitative estimate of drug-likeness (QED) is 0.924. The fourth-order valence-electron chi connectivity index (χ4n) is 2.35. The molecule has 1 aromatic carbocycles. The molecule has 0 unspecified atom stereocenters. The summed E-state index contributed by atoms with van der Waals surface area (Å²) in [6.07, 6.45) is 3.24. The van der Waals surface area contributed by atoms with Crippen LogP contribution in [0.3, 0.4) is 0 Å². The Kier molecular flexibility index (Phi) is 4.27. The first kappa shape index (κ1) is 13.4. The lowest BCUT2D eigenvalue weighted by atomic mass is 9.87. The molecule has 0 radical (unpaired) electrons. The van der Waals surface area contributed by atoms with Crippen molar-refractivity contribution >= 4 is 21.9 Å². The number of benzene rings is 1. The predicted molar refractivity (Wildman–Crippen MR) is 72.9 cm³/mol. The topological polar surface area (TPSA) is 46.5 Å². The lowest BCUT2D eigenvalue weighted by molar-refractivity contribution is -0.143. The number of ether oxygens (including phenoxy) is 1. The van der Waals surface area contributed by atoms with Crippen LogP contribution in [-0.2, 0) is 4.79 Å². The van der Waals surface area contributed by atoms with Crippen LogP contribution < -0.4 is 4.74 Å². The summed E-state index contributed by atoms with van der Waals surface area (Å²) in [6, 6.07) is 5.95. The van der Waals surface area contributed by atoms with Crippen LogP contribution in [0.4, 0.5) is 0 Å². The van der Waals surface area contributed by atoms with Gasteiger partial charge in [0.05, 0.1) is 12.0 Å². The molecule has 1 aromatic rings. The van der Waals surface area contributed by atoms with Gasteiger partial charge in [0.1, 0.15) is 5.75 Å². The van der Waals surface area contributed by atoms with E-state index in [1.54, 1.807) is 0 Å². The normalized spacial score (nSPS) is 23.7. The van der Waals surface area contributed by atoms with E-state index < -0.39 is 5.97 Å². The molecular formula is C14H17BrO3. The van der Waals surface area contributed by atoms with Crippen LogP contribution in [0.5, 0.6) is 5.75 Å². The lowest BCUT2D eigenvalue weighted by Gasteiger charge is -2.27. The molecule has 1 aliphatic carbocycles. The average molecular weight is 313 g/mol. The minimum Gasteiger partial charge on any atom is -0.490 e. The molecule has 0 spiro atoms. The summed E-state index contributed by atoms with van der Waals surface area (Å²) in [7, 11) is 0.